The Morgan fingerprint density at radius 1 is 1.33 bits per heavy atom. The highest BCUT2D eigenvalue weighted by Gasteiger charge is 2.37. The summed E-state index contributed by atoms with van der Waals surface area (Å²) in [5.41, 5.74) is 0. The van der Waals surface area contributed by atoms with Crippen LogP contribution in [-0.2, 0) is 0 Å². The molecule has 2 saturated heterocycles. The molecule has 0 aromatic heterocycles. The van der Waals surface area contributed by atoms with Gasteiger partial charge in [-0.15, -0.1) is 0 Å². The van der Waals surface area contributed by atoms with Gasteiger partial charge < -0.3 is 4.90 Å². The molecule has 2 aliphatic rings. The smallest absolute Gasteiger partial charge is 0.0394 e. The summed E-state index contributed by atoms with van der Waals surface area (Å²) in [4.78, 5) is 4.13. The van der Waals surface area contributed by atoms with Gasteiger partial charge in [-0.3, -0.25) is 4.90 Å². The van der Waals surface area contributed by atoms with E-state index < -0.39 is 6.98 Å². The number of rotatable bonds is 1. The van der Waals surface area contributed by atoms with E-state index in [2.05, 4.69) is 18.7 Å². The average Bonchev–Trinajstić information content (AvgIpc) is 2.39. The summed E-state index contributed by atoms with van der Waals surface area (Å²) < 4.78 is 22.3. The molecule has 0 aromatic rings. The van der Waals surface area contributed by atoms with Crippen molar-refractivity contribution in [3.8, 4) is 0 Å². The first-order valence-corrected chi connectivity index (χ1v) is 4.88. The molecule has 2 rings (SSSR count). The second-order valence-corrected chi connectivity index (χ2v) is 4.45. The molecule has 2 bridgehead atoms. The lowest BCUT2D eigenvalue weighted by Crippen LogP contribution is -2.42. The van der Waals surface area contributed by atoms with Gasteiger partial charge in [-0.2, -0.15) is 0 Å². The van der Waals surface area contributed by atoms with Gasteiger partial charge in [0.1, 0.15) is 0 Å². The largest absolute Gasteiger partial charge is 0.304 e. The highest BCUT2D eigenvalue weighted by atomic mass is 15.3. The summed E-state index contributed by atoms with van der Waals surface area (Å²) in [6.45, 7) is 5.03. The van der Waals surface area contributed by atoms with E-state index in [1.54, 1.807) is 4.90 Å². The van der Waals surface area contributed by atoms with Crippen LogP contribution in [0.3, 0.4) is 0 Å². The maximum absolute atomic E-state index is 7.45. The number of fused-ring (bicyclic) bond motifs is 2. The molecule has 0 N–H and O–H groups in total. The third-order valence-corrected chi connectivity index (χ3v) is 3.12. The standard InChI is InChI=1S/C10H20N2/c1-8(2)12-6-9-4-10(12)7-11(3)5-9/h8-10H,4-7H2,1-3H3/i3D3. The van der Waals surface area contributed by atoms with Crippen molar-refractivity contribution in [2.24, 2.45) is 5.92 Å². The van der Waals surface area contributed by atoms with Crippen LogP contribution in [0.2, 0.25) is 0 Å². The lowest BCUT2D eigenvalue weighted by molar-refractivity contribution is 0.164. The molecule has 2 atom stereocenters. The molecule has 12 heavy (non-hydrogen) atoms. The van der Waals surface area contributed by atoms with Crippen LogP contribution >= 0.6 is 0 Å². The van der Waals surface area contributed by atoms with Gasteiger partial charge >= 0.3 is 0 Å². The molecule has 2 nitrogen and oxygen atoms in total. The van der Waals surface area contributed by atoms with E-state index in [4.69, 9.17) is 4.11 Å². The Morgan fingerprint density at radius 3 is 2.83 bits per heavy atom. The van der Waals surface area contributed by atoms with Crippen molar-refractivity contribution < 1.29 is 4.11 Å². The van der Waals surface area contributed by atoms with Gasteiger partial charge in [-0.1, -0.05) is 0 Å². The summed E-state index contributed by atoms with van der Waals surface area (Å²) >= 11 is 0. The summed E-state index contributed by atoms with van der Waals surface area (Å²) in [6, 6.07) is 1.00. The molecule has 0 spiro atoms. The fourth-order valence-corrected chi connectivity index (χ4v) is 2.63. The number of piperidine rings is 1. The van der Waals surface area contributed by atoms with E-state index in [1.807, 2.05) is 0 Å². The van der Waals surface area contributed by atoms with Crippen LogP contribution in [0.4, 0.5) is 0 Å². The molecule has 2 fully saturated rings. The highest BCUT2D eigenvalue weighted by molar-refractivity contribution is 4.93. The zero-order valence-corrected chi connectivity index (χ0v) is 7.95. The lowest BCUT2D eigenvalue weighted by Gasteiger charge is -2.31. The van der Waals surface area contributed by atoms with Gasteiger partial charge in [0, 0.05) is 35.8 Å². The predicted molar refractivity (Wildman–Crippen MR) is 51.2 cm³/mol. The van der Waals surface area contributed by atoms with Crippen LogP contribution in [0, 0.1) is 5.92 Å². The first-order valence-electron chi connectivity index (χ1n) is 6.38. The third-order valence-electron chi connectivity index (χ3n) is 3.12. The van der Waals surface area contributed by atoms with Gasteiger partial charge in [0.15, 0.2) is 0 Å². The highest BCUT2D eigenvalue weighted by Crippen LogP contribution is 2.30. The van der Waals surface area contributed by atoms with Crippen molar-refractivity contribution in [2.45, 2.75) is 32.4 Å². The predicted octanol–water partition coefficient (Wildman–Crippen LogP) is 1.03. The zero-order valence-electron chi connectivity index (χ0n) is 11.0. The Morgan fingerprint density at radius 2 is 2.17 bits per heavy atom. The fourth-order valence-electron chi connectivity index (χ4n) is 2.63. The number of likely N-dealkylation sites (tertiary alicyclic amines) is 2. The SMILES string of the molecule is [2H]C([2H])([2H])N1CC2CC(C1)N(C(C)C)C2. The molecular weight excluding hydrogens is 148 g/mol. The minimum atomic E-state index is -1.90. The molecule has 70 valence electrons. The van der Waals surface area contributed by atoms with Crippen molar-refractivity contribution in [3.05, 3.63) is 0 Å². The normalized spacial score (nSPS) is 42.8. The molecular formula is C10H20N2. The van der Waals surface area contributed by atoms with E-state index in [-0.39, 0.29) is 0 Å². The van der Waals surface area contributed by atoms with Crippen molar-refractivity contribution in [2.75, 3.05) is 26.6 Å². The summed E-state index contributed by atoms with van der Waals surface area (Å²) in [5.74, 6) is 0.562. The first-order chi connectivity index (χ1) is 6.88. The minimum absolute atomic E-state index is 0.462. The number of hydrogen-bond acceptors (Lipinski definition) is 2. The van der Waals surface area contributed by atoms with Crippen molar-refractivity contribution in [1.82, 2.24) is 9.80 Å². The summed E-state index contributed by atoms with van der Waals surface area (Å²) in [5, 5.41) is 0. The summed E-state index contributed by atoms with van der Waals surface area (Å²) in [6.07, 6.45) is 1.19. The van der Waals surface area contributed by atoms with Gasteiger partial charge in [0.2, 0.25) is 0 Å². The second-order valence-electron chi connectivity index (χ2n) is 4.45. The second kappa shape index (κ2) is 3.00. The zero-order chi connectivity index (χ0) is 11.2. The molecule has 0 amide bonds. The molecule has 2 unspecified atom stereocenters. The molecule has 0 radical (unpaired) electrons. The van der Waals surface area contributed by atoms with Crippen LogP contribution < -0.4 is 0 Å². The number of hydrogen-bond donors (Lipinski definition) is 0. The van der Waals surface area contributed by atoms with Crippen molar-refractivity contribution in [1.29, 1.82) is 0 Å². The Bertz CT molecular complexity index is 239. The number of likely N-dealkylation sites (N-methyl/N-ethyl adjacent to an activating group) is 1. The van der Waals surface area contributed by atoms with Crippen molar-refractivity contribution in [3.63, 3.8) is 0 Å². The van der Waals surface area contributed by atoms with Crippen LogP contribution in [0.5, 0.6) is 0 Å². The molecule has 2 heteroatoms. The van der Waals surface area contributed by atoms with E-state index >= 15 is 0 Å². The van der Waals surface area contributed by atoms with Crippen LogP contribution in [0.25, 0.3) is 0 Å². The molecule has 0 aliphatic carbocycles. The van der Waals surface area contributed by atoms with Gasteiger partial charge in [0.25, 0.3) is 0 Å². The van der Waals surface area contributed by atoms with E-state index in [1.165, 1.54) is 6.42 Å². The first kappa shape index (κ1) is 5.61. The van der Waals surface area contributed by atoms with Crippen molar-refractivity contribution >= 4 is 0 Å². The monoisotopic (exact) mass is 171 g/mol. The van der Waals surface area contributed by atoms with Crippen LogP contribution in [0.15, 0.2) is 0 Å². The molecule has 2 aliphatic heterocycles. The van der Waals surface area contributed by atoms with E-state index in [0.29, 0.717) is 24.5 Å². The maximum atomic E-state index is 7.45. The Hall–Kier alpha value is -0.0800. The lowest BCUT2D eigenvalue weighted by atomic mass is 10.0. The quantitative estimate of drug-likeness (QED) is 0.581. The van der Waals surface area contributed by atoms with E-state index in [9.17, 15) is 0 Å². The Balaban J connectivity index is 2.05. The molecule has 0 aromatic carbocycles. The fraction of sp³-hybridized carbons (Fsp3) is 1.00. The topological polar surface area (TPSA) is 6.48 Å². The summed E-state index contributed by atoms with van der Waals surface area (Å²) in [7, 11) is 0. The molecule has 0 saturated carbocycles. The Kier molecular flexibility index (Phi) is 1.40. The van der Waals surface area contributed by atoms with E-state index in [0.717, 1.165) is 13.1 Å². The number of nitrogens with zero attached hydrogens (tertiary/aromatic N) is 2. The Labute approximate surface area is 79.7 Å². The average molecular weight is 171 g/mol. The van der Waals surface area contributed by atoms with Crippen LogP contribution in [0.1, 0.15) is 24.4 Å². The molecule has 2 heterocycles. The minimum Gasteiger partial charge on any atom is -0.304 e. The van der Waals surface area contributed by atoms with Crippen LogP contribution in [-0.4, -0.2) is 48.5 Å². The maximum Gasteiger partial charge on any atom is 0.0394 e. The van der Waals surface area contributed by atoms with Gasteiger partial charge in [-0.05, 0) is 33.2 Å². The van der Waals surface area contributed by atoms with Gasteiger partial charge in [-0.25, -0.2) is 0 Å². The van der Waals surface area contributed by atoms with Gasteiger partial charge in [0.05, 0.1) is 0 Å². The third kappa shape index (κ3) is 1.38.